The molecule has 0 aliphatic carbocycles. The lowest BCUT2D eigenvalue weighted by Gasteiger charge is -2.10. The second kappa shape index (κ2) is 4.93. The summed E-state index contributed by atoms with van der Waals surface area (Å²) in [6.07, 6.45) is 0. The first-order valence-corrected chi connectivity index (χ1v) is 6.76. The molecule has 0 unspecified atom stereocenters. The number of benzene rings is 3. The molecule has 0 radical (unpaired) electrons. The molecule has 0 amide bonds. The molecule has 0 atom stereocenters. The average Bonchev–Trinajstić information content (AvgIpc) is 2.48. The fourth-order valence-corrected chi connectivity index (χ4v) is 2.61. The molecule has 0 fully saturated rings. The van der Waals surface area contributed by atoms with Crippen molar-refractivity contribution >= 4 is 16.6 Å². The Bertz CT molecular complexity index is 800. The molecule has 3 aromatic rings. The van der Waals surface area contributed by atoms with Crippen molar-refractivity contribution in [2.24, 2.45) is 0 Å². The summed E-state index contributed by atoms with van der Waals surface area (Å²) in [5.41, 5.74) is 4.29. The van der Waals surface area contributed by atoms with E-state index in [2.05, 4.69) is 49.4 Å². The molecular formula is C19H16O. The Morgan fingerprint density at radius 3 is 2.35 bits per heavy atom. The molecule has 0 saturated heterocycles. The third-order valence-corrected chi connectivity index (χ3v) is 3.72. The van der Waals surface area contributed by atoms with Gasteiger partial charge in [0.05, 0.1) is 0 Å². The third-order valence-electron chi connectivity index (χ3n) is 3.72. The highest BCUT2D eigenvalue weighted by molar-refractivity contribution is 6.00. The first kappa shape index (κ1) is 12.6. The van der Waals surface area contributed by atoms with Gasteiger partial charge in [-0.2, -0.15) is 0 Å². The van der Waals surface area contributed by atoms with E-state index < -0.39 is 0 Å². The molecule has 0 aliphatic rings. The quantitative estimate of drug-likeness (QED) is 0.591. The van der Waals surface area contributed by atoms with Crippen LogP contribution in [0, 0.1) is 6.92 Å². The Labute approximate surface area is 118 Å². The van der Waals surface area contributed by atoms with Crippen LogP contribution >= 0.6 is 0 Å². The van der Waals surface area contributed by atoms with Crippen LogP contribution in [-0.4, -0.2) is 5.78 Å². The smallest absolute Gasteiger partial charge is 0.159 e. The van der Waals surface area contributed by atoms with E-state index in [1.807, 2.05) is 18.2 Å². The van der Waals surface area contributed by atoms with Crippen molar-refractivity contribution in [2.45, 2.75) is 13.8 Å². The van der Waals surface area contributed by atoms with Crippen LogP contribution in [0.5, 0.6) is 0 Å². The Kier molecular flexibility index (Phi) is 3.11. The Morgan fingerprint density at radius 2 is 1.60 bits per heavy atom. The molecule has 0 heterocycles. The maximum Gasteiger partial charge on any atom is 0.159 e. The van der Waals surface area contributed by atoms with Gasteiger partial charge in [0.15, 0.2) is 5.78 Å². The van der Waals surface area contributed by atoms with Crippen LogP contribution in [0.4, 0.5) is 0 Å². The van der Waals surface area contributed by atoms with E-state index in [1.165, 1.54) is 21.9 Å². The van der Waals surface area contributed by atoms with Gasteiger partial charge in [0.25, 0.3) is 0 Å². The summed E-state index contributed by atoms with van der Waals surface area (Å²) in [7, 11) is 0. The highest BCUT2D eigenvalue weighted by Crippen LogP contribution is 2.31. The molecule has 0 spiro atoms. The van der Waals surface area contributed by atoms with Crippen molar-refractivity contribution in [3.63, 3.8) is 0 Å². The Hall–Kier alpha value is -2.41. The number of carbonyl (C=O) groups is 1. The number of ketones is 1. The van der Waals surface area contributed by atoms with Gasteiger partial charge >= 0.3 is 0 Å². The maximum atomic E-state index is 11.5. The second-order valence-electron chi connectivity index (χ2n) is 5.11. The van der Waals surface area contributed by atoms with Crippen LogP contribution in [0.3, 0.4) is 0 Å². The fourth-order valence-electron chi connectivity index (χ4n) is 2.61. The summed E-state index contributed by atoms with van der Waals surface area (Å²) in [4.78, 5) is 11.5. The third kappa shape index (κ3) is 2.12. The summed E-state index contributed by atoms with van der Waals surface area (Å²) in [6.45, 7) is 3.73. The van der Waals surface area contributed by atoms with E-state index in [9.17, 15) is 4.79 Å². The van der Waals surface area contributed by atoms with Crippen LogP contribution in [0.1, 0.15) is 22.8 Å². The highest BCUT2D eigenvalue weighted by Gasteiger charge is 2.07. The summed E-state index contributed by atoms with van der Waals surface area (Å²) in [6, 6.07) is 20.5. The molecule has 1 heteroatoms. The molecule has 3 rings (SSSR count). The molecular weight excluding hydrogens is 244 g/mol. The van der Waals surface area contributed by atoms with Crippen molar-refractivity contribution in [2.75, 3.05) is 0 Å². The van der Waals surface area contributed by atoms with Gasteiger partial charge in [-0.3, -0.25) is 4.79 Å². The number of carbonyl (C=O) groups excluding carboxylic acids is 1. The first-order chi connectivity index (χ1) is 9.66. The zero-order valence-electron chi connectivity index (χ0n) is 11.7. The highest BCUT2D eigenvalue weighted by atomic mass is 16.1. The monoisotopic (exact) mass is 260 g/mol. The number of hydrogen-bond acceptors (Lipinski definition) is 1. The van der Waals surface area contributed by atoms with Crippen molar-refractivity contribution in [1.82, 2.24) is 0 Å². The van der Waals surface area contributed by atoms with Crippen LogP contribution < -0.4 is 0 Å². The van der Waals surface area contributed by atoms with E-state index >= 15 is 0 Å². The van der Waals surface area contributed by atoms with Crippen LogP contribution in [0.15, 0.2) is 60.7 Å². The molecule has 1 nitrogen and oxygen atoms in total. The summed E-state index contributed by atoms with van der Waals surface area (Å²) >= 11 is 0. The molecule has 20 heavy (non-hydrogen) atoms. The van der Waals surface area contributed by atoms with Crippen molar-refractivity contribution in [1.29, 1.82) is 0 Å². The number of hydrogen-bond donors (Lipinski definition) is 0. The topological polar surface area (TPSA) is 17.1 Å². The largest absolute Gasteiger partial charge is 0.295 e. The lowest BCUT2D eigenvalue weighted by molar-refractivity contribution is 0.101. The SMILES string of the molecule is CC(=O)c1cccc(-c2ccc(C)c3ccccc23)c1. The van der Waals surface area contributed by atoms with Gasteiger partial charge in [0.2, 0.25) is 0 Å². The van der Waals surface area contributed by atoms with E-state index in [0.29, 0.717) is 0 Å². The summed E-state index contributed by atoms with van der Waals surface area (Å²) < 4.78 is 0. The van der Waals surface area contributed by atoms with E-state index in [4.69, 9.17) is 0 Å². The summed E-state index contributed by atoms with van der Waals surface area (Å²) in [5.74, 6) is 0.100. The standard InChI is InChI=1S/C19H16O/c1-13-10-11-18(19-9-4-3-8-17(13)19)16-7-5-6-15(12-16)14(2)20/h3-12H,1-2H3. The van der Waals surface area contributed by atoms with Crippen molar-refractivity contribution < 1.29 is 4.79 Å². The van der Waals surface area contributed by atoms with E-state index in [0.717, 1.165) is 11.1 Å². The lowest BCUT2D eigenvalue weighted by Crippen LogP contribution is -1.92. The van der Waals surface area contributed by atoms with Gasteiger partial charge in [-0.25, -0.2) is 0 Å². The zero-order valence-corrected chi connectivity index (χ0v) is 11.7. The molecule has 0 bridgehead atoms. The number of fused-ring (bicyclic) bond motifs is 1. The average molecular weight is 260 g/mol. The molecule has 0 N–H and O–H groups in total. The maximum absolute atomic E-state index is 11.5. The molecule has 0 aromatic heterocycles. The lowest BCUT2D eigenvalue weighted by atomic mass is 9.94. The van der Waals surface area contributed by atoms with Gasteiger partial charge < -0.3 is 0 Å². The number of aryl methyl sites for hydroxylation is 1. The second-order valence-corrected chi connectivity index (χ2v) is 5.11. The zero-order chi connectivity index (χ0) is 14.1. The van der Waals surface area contributed by atoms with Crippen LogP contribution in [0.25, 0.3) is 21.9 Å². The molecule has 0 saturated carbocycles. The van der Waals surface area contributed by atoms with Crippen LogP contribution in [-0.2, 0) is 0 Å². The normalized spacial score (nSPS) is 10.7. The summed E-state index contributed by atoms with van der Waals surface area (Å²) in [5, 5.41) is 2.49. The van der Waals surface area contributed by atoms with Gasteiger partial charge in [0.1, 0.15) is 0 Å². The molecule has 98 valence electrons. The Balaban J connectivity index is 2.27. The van der Waals surface area contributed by atoms with Crippen molar-refractivity contribution in [3.8, 4) is 11.1 Å². The molecule has 3 aromatic carbocycles. The van der Waals surface area contributed by atoms with Gasteiger partial charge in [-0.1, -0.05) is 54.6 Å². The minimum absolute atomic E-state index is 0.100. The predicted molar refractivity (Wildman–Crippen MR) is 84.1 cm³/mol. The number of rotatable bonds is 2. The molecule has 0 aliphatic heterocycles. The fraction of sp³-hybridized carbons (Fsp3) is 0.105. The Morgan fingerprint density at radius 1 is 0.850 bits per heavy atom. The minimum atomic E-state index is 0.100. The van der Waals surface area contributed by atoms with Crippen molar-refractivity contribution in [3.05, 3.63) is 71.8 Å². The first-order valence-electron chi connectivity index (χ1n) is 6.76. The number of Topliss-reactive ketones (excluding diaryl/α,β-unsaturated/α-hetero) is 1. The van der Waals surface area contributed by atoms with Gasteiger partial charge in [0, 0.05) is 5.56 Å². The predicted octanol–water partition coefficient (Wildman–Crippen LogP) is 5.02. The van der Waals surface area contributed by atoms with E-state index in [1.54, 1.807) is 6.92 Å². The van der Waals surface area contributed by atoms with Crippen LogP contribution in [0.2, 0.25) is 0 Å². The van der Waals surface area contributed by atoms with E-state index in [-0.39, 0.29) is 5.78 Å². The van der Waals surface area contributed by atoms with Gasteiger partial charge in [-0.15, -0.1) is 0 Å². The van der Waals surface area contributed by atoms with Gasteiger partial charge in [-0.05, 0) is 47.4 Å². The minimum Gasteiger partial charge on any atom is -0.295 e.